The van der Waals surface area contributed by atoms with E-state index in [9.17, 15) is 14.4 Å². The number of carbonyl (C=O) groups excluding carboxylic acids is 2. The van der Waals surface area contributed by atoms with Crippen molar-refractivity contribution in [2.75, 3.05) is 13.7 Å². The van der Waals surface area contributed by atoms with E-state index in [2.05, 4.69) is 10.4 Å². The standard InChI is InChI=1S/C10H15N3O5/c1-13-8(15)3-2-6(12-13)9(16)11-7(4-5-14)10(17)18/h7,14H,2-5H2,1H3,(H,11,16)(H,17,18). The van der Waals surface area contributed by atoms with E-state index in [1.54, 1.807) is 0 Å². The largest absolute Gasteiger partial charge is 0.480 e. The second-order valence-corrected chi connectivity index (χ2v) is 3.84. The molecule has 0 aliphatic carbocycles. The maximum atomic E-state index is 11.7. The molecule has 100 valence electrons. The monoisotopic (exact) mass is 257 g/mol. The summed E-state index contributed by atoms with van der Waals surface area (Å²) in [5.41, 5.74) is 0.112. The SMILES string of the molecule is CN1N=C(C(=O)NC(CCO)C(=O)O)CCC1=O. The molecule has 0 fully saturated rings. The first kappa shape index (κ1) is 14.1. The van der Waals surface area contributed by atoms with Crippen LogP contribution >= 0.6 is 0 Å². The van der Waals surface area contributed by atoms with E-state index in [4.69, 9.17) is 10.2 Å². The lowest BCUT2D eigenvalue weighted by Gasteiger charge is -2.20. The average molecular weight is 257 g/mol. The Bertz CT molecular complexity index is 393. The predicted molar refractivity (Wildman–Crippen MR) is 60.7 cm³/mol. The molecular weight excluding hydrogens is 242 g/mol. The number of aliphatic hydroxyl groups excluding tert-OH is 1. The molecule has 18 heavy (non-hydrogen) atoms. The van der Waals surface area contributed by atoms with Crippen molar-refractivity contribution >= 4 is 23.5 Å². The molecule has 0 saturated carbocycles. The molecule has 1 aliphatic heterocycles. The summed E-state index contributed by atoms with van der Waals surface area (Å²) < 4.78 is 0. The van der Waals surface area contributed by atoms with Gasteiger partial charge in [0.25, 0.3) is 5.91 Å². The van der Waals surface area contributed by atoms with Gasteiger partial charge in [0, 0.05) is 32.9 Å². The van der Waals surface area contributed by atoms with Gasteiger partial charge in [0.15, 0.2) is 0 Å². The Kier molecular flexibility index (Phi) is 4.78. The van der Waals surface area contributed by atoms with Crippen molar-refractivity contribution in [1.82, 2.24) is 10.3 Å². The Morgan fingerprint density at radius 2 is 2.17 bits per heavy atom. The maximum Gasteiger partial charge on any atom is 0.326 e. The second kappa shape index (κ2) is 6.10. The first-order valence-electron chi connectivity index (χ1n) is 5.44. The normalized spacial score (nSPS) is 17.1. The van der Waals surface area contributed by atoms with Crippen LogP contribution in [0.25, 0.3) is 0 Å². The molecule has 8 heteroatoms. The molecule has 1 atom stereocenters. The minimum atomic E-state index is -1.22. The van der Waals surface area contributed by atoms with E-state index in [1.165, 1.54) is 7.05 Å². The van der Waals surface area contributed by atoms with Gasteiger partial charge in [0.2, 0.25) is 5.91 Å². The molecule has 1 rings (SSSR count). The van der Waals surface area contributed by atoms with E-state index in [-0.39, 0.29) is 37.5 Å². The minimum Gasteiger partial charge on any atom is -0.480 e. The number of nitrogens with zero attached hydrogens (tertiary/aromatic N) is 2. The lowest BCUT2D eigenvalue weighted by molar-refractivity contribution is -0.141. The highest BCUT2D eigenvalue weighted by Gasteiger charge is 2.25. The number of hydrogen-bond donors (Lipinski definition) is 3. The van der Waals surface area contributed by atoms with Crippen LogP contribution in [0.5, 0.6) is 0 Å². The fourth-order valence-corrected chi connectivity index (χ4v) is 1.46. The summed E-state index contributed by atoms with van der Waals surface area (Å²) in [5, 5.41) is 24.6. The Morgan fingerprint density at radius 3 is 2.67 bits per heavy atom. The number of amides is 2. The van der Waals surface area contributed by atoms with Crippen LogP contribution in [0.3, 0.4) is 0 Å². The first-order chi connectivity index (χ1) is 8.45. The van der Waals surface area contributed by atoms with Crippen molar-refractivity contribution < 1.29 is 24.6 Å². The molecule has 0 spiro atoms. The zero-order valence-electron chi connectivity index (χ0n) is 9.92. The molecule has 0 radical (unpaired) electrons. The lowest BCUT2D eigenvalue weighted by Crippen LogP contribution is -2.46. The van der Waals surface area contributed by atoms with E-state index >= 15 is 0 Å². The number of carboxylic acid groups (broad SMARTS) is 1. The van der Waals surface area contributed by atoms with Crippen LogP contribution in [0, 0.1) is 0 Å². The van der Waals surface area contributed by atoms with Crippen molar-refractivity contribution in [2.45, 2.75) is 25.3 Å². The first-order valence-corrected chi connectivity index (χ1v) is 5.44. The third-order valence-corrected chi connectivity index (χ3v) is 2.49. The van der Waals surface area contributed by atoms with Gasteiger partial charge in [-0.2, -0.15) is 5.10 Å². The highest BCUT2D eigenvalue weighted by atomic mass is 16.4. The average Bonchev–Trinajstić information content (AvgIpc) is 2.31. The van der Waals surface area contributed by atoms with Crippen molar-refractivity contribution in [2.24, 2.45) is 5.10 Å². The number of hydrazone groups is 1. The van der Waals surface area contributed by atoms with Crippen molar-refractivity contribution in [3.8, 4) is 0 Å². The van der Waals surface area contributed by atoms with Gasteiger partial charge in [-0.25, -0.2) is 9.80 Å². The van der Waals surface area contributed by atoms with Crippen molar-refractivity contribution in [3.63, 3.8) is 0 Å². The van der Waals surface area contributed by atoms with E-state index in [0.717, 1.165) is 5.01 Å². The number of aliphatic carboxylic acids is 1. The Morgan fingerprint density at radius 1 is 1.50 bits per heavy atom. The molecule has 2 amide bonds. The molecule has 1 unspecified atom stereocenters. The highest BCUT2D eigenvalue weighted by molar-refractivity contribution is 6.39. The quantitative estimate of drug-likeness (QED) is 0.556. The van der Waals surface area contributed by atoms with Crippen LogP contribution in [0.2, 0.25) is 0 Å². The third-order valence-electron chi connectivity index (χ3n) is 2.49. The number of aliphatic hydroxyl groups is 1. The molecule has 1 heterocycles. The predicted octanol–water partition coefficient (Wildman–Crippen LogP) is -1.45. The van der Waals surface area contributed by atoms with Gasteiger partial charge in [0.05, 0.1) is 0 Å². The minimum absolute atomic E-state index is 0.0802. The van der Waals surface area contributed by atoms with Crippen LogP contribution < -0.4 is 5.32 Å². The fraction of sp³-hybridized carbons (Fsp3) is 0.600. The molecular formula is C10H15N3O5. The fourth-order valence-electron chi connectivity index (χ4n) is 1.46. The molecule has 0 aromatic carbocycles. The summed E-state index contributed by atoms with van der Waals surface area (Å²) in [6, 6.07) is -1.16. The summed E-state index contributed by atoms with van der Waals surface area (Å²) in [7, 11) is 1.43. The van der Waals surface area contributed by atoms with E-state index < -0.39 is 17.9 Å². The Hall–Kier alpha value is -1.96. The molecule has 0 saturated heterocycles. The number of rotatable bonds is 5. The van der Waals surface area contributed by atoms with Crippen LogP contribution in [0.4, 0.5) is 0 Å². The molecule has 0 bridgehead atoms. The van der Waals surface area contributed by atoms with Gasteiger partial charge in [-0.05, 0) is 0 Å². The van der Waals surface area contributed by atoms with Crippen LogP contribution in [-0.2, 0) is 14.4 Å². The van der Waals surface area contributed by atoms with Crippen molar-refractivity contribution in [3.05, 3.63) is 0 Å². The maximum absolute atomic E-state index is 11.7. The van der Waals surface area contributed by atoms with Crippen molar-refractivity contribution in [1.29, 1.82) is 0 Å². The third kappa shape index (κ3) is 3.52. The van der Waals surface area contributed by atoms with Gasteiger partial charge >= 0.3 is 5.97 Å². The zero-order valence-corrected chi connectivity index (χ0v) is 9.92. The topological polar surface area (TPSA) is 119 Å². The van der Waals surface area contributed by atoms with Crippen LogP contribution in [0.1, 0.15) is 19.3 Å². The highest BCUT2D eigenvalue weighted by Crippen LogP contribution is 2.07. The van der Waals surface area contributed by atoms with Gasteiger partial charge in [-0.15, -0.1) is 0 Å². The summed E-state index contributed by atoms with van der Waals surface area (Å²) >= 11 is 0. The van der Waals surface area contributed by atoms with E-state index in [0.29, 0.717) is 0 Å². The number of hydrogen-bond acceptors (Lipinski definition) is 5. The summed E-state index contributed by atoms with van der Waals surface area (Å²) in [6.07, 6.45) is 0.268. The summed E-state index contributed by atoms with van der Waals surface area (Å²) in [4.78, 5) is 33.7. The van der Waals surface area contributed by atoms with E-state index in [1.807, 2.05) is 0 Å². The lowest BCUT2D eigenvalue weighted by atomic mass is 10.1. The molecule has 1 aliphatic rings. The molecule has 8 nitrogen and oxygen atoms in total. The van der Waals surface area contributed by atoms with Gasteiger partial charge < -0.3 is 15.5 Å². The number of carboxylic acids is 1. The molecule has 3 N–H and O–H groups in total. The number of carbonyl (C=O) groups is 3. The zero-order chi connectivity index (χ0) is 13.7. The second-order valence-electron chi connectivity index (χ2n) is 3.84. The molecule has 0 aromatic heterocycles. The van der Waals surface area contributed by atoms with Crippen LogP contribution in [0.15, 0.2) is 5.10 Å². The Balaban J connectivity index is 2.67. The van der Waals surface area contributed by atoms with Crippen LogP contribution in [-0.4, -0.2) is 58.4 Å². The van der Waals surface area contributed by atoms with Gasteiger partial charge in [0.1, 0.15) is 11.8 Å². The Labute approximate surface area is 103 Å². The van der Waals surface area contributed by atoms with Gasteiger partial charge in [-0.3, -0.25) is 9.59 Å². The molecule has 0 aromatic rings. The van der Waals surface area contributed by atoms with Gasteiger partial charge in [-0.1, -0.05) is 0 Å². The smallest absolute Gasteiger partial charge is 0.326 e. The number of nitrogens with one attached hydrogen (secondary N) is 1. The summed E-state index contributed by atoms with van der Waals surface area (Å²) in [6.45, 7) is -0.345. The summed E-state index contributed by atoms with van der Waals surface area (Å²) in [5.74, 6) is -2.05.